The fourth-order valence-corrected chi connectivity index (χ4v) is 3.03. The topological polar surface area (TPSA) is 55.6 Å². The van der Waals surface area contributed by atoms with Crippen molar-refractivity contribution < 1.29 is 9.53 Å². The van der Waals surface area contributed by atoms with E-state index in [1.807, 2.05) is 30.9 Å². The second kappa shape index (κ2) is 7.63. The van der Waals surface area contributed by atoms with Gasteiger partial charge in [0.1, 0.15) is 5.75 Å². The van der Waals surface area contributed by atoms with Crippen LogP contribution in [0.5, 0.6) is 5.75 Å². The summed E-state index contributed by atoms with van der Waals surface area (Å²) < 4.78 is 5.76. The van der Waals surface area contributed by atoms with Crippen molar-refractivity contribution in [3.63, 3.8) is 0 Å². The standard InChI is InChI=1S/C18H28N2O2/c1-13-6-7-17(14(2)11-13)22-10-8-18(21)20-9-4-5-16(12-20)15(3)19/h6-7,11,15-16H,4-5,8-10,12,19H2,1-3H3. The first-order valence-electron chi connectivity index (χ1n) is 8.21. The minimum atomic E-state index is 0.155. The van der Waals surface area contributed by atoms with Crippen LogP contribution in [0.4, 0.5) is 0 Å². The molecule has 0 aromatic heterocycles. The number of aryl methyl sites for hydroxylation is 2. The van der Waals surface area contributed by atoms with Gasteiger partial charge in [0.2, 0.25) is 5.91 Å². The van der Waals surface area contributed by atoms with Gasteiger partial charge in [0.15, 0.2) is 0 Å². The third-order valence-corrected chi connectivity index (χ3v) is 4.46. The molecule has 0 radical (unpaired) electrons. The quantitative estimate of drug-likeness (QED) is 0.910. The number of carbonyl (C=O) groups excluding carboxylic acids is 1. The highest BCUT2D eigenvalue weighted by atomic mass is 16.5. The molecule has 22 heavy (non-hydrogen) atoms. The van der Waals surface area contributed by atoms with Crippen LogP contribution in [0.15, 0.2) is 18.2 Å². The molecule has 4 nitrogen and oxygen atoms in total. The van der Waals surface area contributed by atoms with E-state index in [1.165, 1.54) is 5.56 Å². The summed E-state index contributed by atoms with van der Waals surface area (Å²) in [5, 5.41) is 0. The van der Waals surface area contributed by atoms with Gasteiger partial charge in [-0.2, -0.15) is 0 Å². The number of piperidine rings is 1. The lowest BCUT2D eigenvalue weighted by Gasteiger charge is -2.34. The Morgan fingerprint density at radius 1 is 1.45 bits per heavy atom. The number of benzene rings is 1. The van der Waals surface area contributed by atoms with Crippen molar-refractivity contribution in [1.29, 1.82) is 0 Å². The molecule has 2 N–H and O–H groups in total. The van der Waals surface area contributed by atoms with Gasteiger partial charge in [0, 0.05) is 19.1 Å². The molecule has 1 heterocycles. The molecule has 4 heteroatoms. The lowest BCUT2D eigenvalue weighted by molar-refractivity contribution is -0.133. The molecule has 1 amide bonds. The van der Waals surface area contributed by atoms with Gasteiger partial charge in [-0.05, 0) is 51.2 Å². The maximum Gasteiger partial charge on any atom is 0.226 e. The average Bonchev–Trinajstić information content (AvgIpc) is 2.49. The monoisotopic (exact) mass is 304 g/mol. The van der Waals surface area contributed by atoms with E-state index in [0.29, 0.717) is 18.9 Å². The summed E-state index contributed by atoms with van der Waals surface area (Å²) in [6.07, 6.45) is 2.61. The lowest BCUT2D eigenvalue weighted by atomic mass is 9.92. The van der Waals surface area contributed by atoms with E-state index in [2.05, 4.69) is 13.0 Å². The van der Waals surface area contributed by atoms with Crippen molar-refractivity contribution in [2.75, 3.05) is 19.7 Å². The van der Waals surface area contributed by atoms with Crippen LogP contribution in [-0.2, 0) is 4.79 Å². The van der Waals surface area contributed by atoms with Crippen molar-refractivity contribution in [3.8, 4) is 5.75 Å². The van der Waals surface area contributed by atoms with E-state index in [-0.39, 0.29) is 11.9 Å². The molecule has 0 aliphatic carbocycles. The van der Waals surface area contributed by atoms with Crippen LogP contribution < -0.4 is 10.5 Å². The Bertz CT molecular complexity index is 514. The molecule has 122 valence electrons. The molecular formula is C18H28N2O2. The summed E-state index contributed by atoms with van der Waals surface area (Å²) in [4.78, 5) is 14.2. The van der Waals surface area contributed by atoms with E-state index in [0.717, 1.165) is 37.2 Å². The Kier molecular flexibility index (Phi) is 5.83. The third kappa shape index (κ3) is 4.47. The van der Waals surface area contributed by atoms with E-state index >= 15 is 0 Å². The van der Waals surface area contributed by atoms with Gasteiger partial charge in [-0.1, -0.05) is 17.7 Å². The zero-order chi connectivity index (χ0) is 16.1. The Balaban J connectivity index is 1.80. The van der Waals surface area contributed by atoms with Crippen LogP contribution in [0.2, 0.25) is 0 Å². The van der Waals surface area contributed by atoms with E-state index < -0.39 is 0 Å². The number of carbonyl (C=O) groups is 1. The maximum absolute atomic E-state index is 12.3. The number of ether oxygens (including phenoxy) is 1. The van der Waals surface area contributed by atoms with Gasteiger partial charge >= 0.3 is 0 Å². The fraction of sp³-hybridized carbons (Fsp3) is 0.611. The lowest BCUT2D eigenvalue weighted by Crippen LogP contribution is -2.45. The minimum Gasteiger partial charge on any atom is -0.493 e. The number of hydrogen-bond acceptors (Lipinski definition) is 3. The molecule has 2 atom stereocenters. The number of rotatable bonds is 5. The smallest absolute Gasteiger partial charge is 0.226 e. The molecule has 1 aliphatic rings. The van der Waals surface area contributed by atoms with Crippen LogP contribution >= 0.6 is 0 Å². The number of likely N-dealkylation sites (tertiary alicyclic amines) is 1. The Morgan fingerprint density at radius 2 is 2.23 bits per heavy atom. The van der Waals surface area contributed by atoms with Crippen molar-refractivity contribution in [2.45, 2.75) is 46.1 Å². The molecular weight excluding hydrogens is 276 g/mol. The molecule has 0 spiro atoms. The van der Waals surface area contributed by atoms with E-state index in [9.17, 15) is 4.79 Å². The largest absolute Gasteiger partial charge is 0.493 e. The maximum atomic E-state index is 12.3. The molecule has 1 fully saturated rings. The molecule has 2 rings (SSSR count). The van der Waals surface area contributed by atoms with Gasteiger partial charge in [-0.25, -0.2) is 0 Å². The molecule has 1 aromatic carbocycles. The van der Waals surface area contributed by atoms with Crippen molar-refractivity contribution in [2.24, 2.45) is 11.7 Å². The minimum absolute atomic E-state index is 0.155. The summed E-state index contributed by atoms with van der Waals surface area (Å²) >= 11 is 0. The highest BCUT2D eigenvalue weighted by Crippen LogP contribution is 2.21. The summed E-state index contributed by atoms with van der Waals surface area (Å²) in [6.45, 7) is 8.20. The third-order valence-electron chi connectivity index (χ3n) is 4.46. The van der Waals surface area contributed by atoms with Gasteiger partial charge in [-0.15, -0.1) is 0 Å². The highest BCUT2D eigenvalue weighted by molar-refractivity contribution is 5.76. The Morgan fingerprint density at radius 3 is 2.91 bits per heavy atom. The second-order valence-corrected chi connectivity index (χ2v) is 6.47. The zero-order valence-corrected chi connectivity index (χ0v) is 14.0. The van der Waals surface area contributed by atoms with Crippen LogP contribution in [0.1, 0.15) is 37.3 Å². The normalized spacial score (nSPS) is 19.8. The first kappa shape index (κ1) is 16.8. The Hall–Kier alpha value is -1.55. The van der Waals surface area contributed by atoms with E-state index in [1.54, 1.807) is 0 Å². The molecule has 0 saturated carbocycles. The van der Waals surface area contributed by atoms with Gasteiger partial charge in [-0.3, -0.25) is 4.79 Å². The molecule has 1 aromatic rings. The second-order valence-electron chi connectivity index (χ2n) is 6.47. The van der Waals surface area contributed by atoms with Crippen LogP contribution in [0.3, 0.4) is 0 Å². The SMILES string of the molecule is Cc1ccc(OCCC(=O)N2CCCC(C(C)N)C2)c(C)c1. The fourth-order valence-electron chi connectivity index (χ4n) is 3.03. The number of hydrogen-bond donors (Lipinski definition) is 1. The van der Waals surface area contributed by atoms with Gasteiger partial charge in [0.25, 0.3) is 0 Å². The summed E-state index contributed by atoms with van der Waals surface area (Å²) in [5.74, 6) is 1.47. The van der Waals surface area contributed by atoms with Crippen molar-refractivity contribution >= 4 is 5.91 Å². The predicted octanol–water partition coefficient (Wildman–Crippen LogP) is 2.66. The average molecular weight is 304 g/mol. The van der Waals surface area contributed by atoms with Crippen LogP contribution in [-0.4, -0.2) is 36.5 Å². The highest BCUT2D eigenvalue weighted by Gasteiger charge is 2.25. The predicted molar refractivity (Wildman–Crippen MR) is 89.0 cm³/mol. The number of nitrogens with two attached hydrogens (primary N) is 1. The molecule has 0 bridgehead atoms. The number of amides is 1. The van der Waals surface area contributed by atoms with Crippen molar-refractivity contribution in [3.05, 3.63) is 29.3 Å². The van der Waals surface area contributed by atoms with Crippen LogP contribution in [0, 0.1) is 19.8 Å². The summed E-state index contributed by atoms with van der Waals surface area (Å²) in [7, 11) is 0. The first-order chi connectivity index (χ1) is 10.5. The first-order valence-corrected chi connectivity index (χ1v) is 8.21. The van der Waals surface area contributed by atoms with Gasteiger partial charge < -0.3 is 15.4 Å². The van der Waals surface area contributed by atoms with Gasteiger partial charge in [0.05, 0.1) is 13.0 Å². The zero-order valence-electron chi connectivity index (χ0n) is 14.0. The molecule has 1 aliphatic heterocycles. The Labute approximate surface area is 133 Å². The molecule has 2 unspecified atom stereocenters. The summed E-state index contributed by atoms with van der Waals surface area (Å²) in [6, 6.07) is 6.25. The van der Waals surface area contributed by atoms with E-state index in [4.69, 9.17) is 10.5 Å². The molecule has 1 saturated heterocycles. The van der Waals surface area contributed by atoms with Crippen molar-refractivity contribution in [1.82, 2.24) is 4.90 Å². The van der Waals surface area contributed by atoms with Crippen LogP contribution in [0.25, 0.3) is 0 Å². The summed E-state index contributed by atoms with van der Waals surface area (Å²) in [5.41, 5.74) is 8.30. The number of nitrogens with zero attached hydrogens (tertiary/aromatic N) is 1.